The van der Waals surface area contributed by atoms with Crippen LogP contribution in [-0.2, 0) is 11.3 Å². The monoisotopic (exact) mass is 308 g/mol. The Morgan fingerprint density at radius 1 is 1.32 bits per heavy atom. The van der Waals surface area contributed by atoms with Crippen molar-refractivity contribution in [3.05, 3.63) is 29.3 Å². The van der Waals surface area contributed by atoms with E-state index >= 15 is 0 Å². The van der Waals surface area contributed by atoms with E-state index in [4.69, 9.17) is 9.84 Å². The number of carbonyl (C=O) groups is 1. The van der Waals surface area contributed by atoms with Gasteiger partial charge in [-0.15, -0.1) is 0 Å². The summed E-state index contributed by atoms with van der Waals surface area (Å²) in [5, 5.41) is 14.5. The van der Waals surface area contributed by atoms with Crippen LogP contribution in [0.3, 0.4) is 0 Å². The molecule has 1 rings (SSSR count). The summed E-state index contributed by atoms with van der Waals surface area (Å²) in [4.78, 5) is 11.9. The Labute approximate surface area is 133 Å². The zero-order valence-corrected chi connectivity index (χ0v) is 14.0. The zero-order chi connectivity index (χ0) is 16.5. The maximum absolute atomic E-state index is 11.9. The minimum absolute atomic E-state index is 0.140. The van der Waals surface area contributed by atoms with E-state index in [1.165, 1.54) is 0 Å². The van der Waals surface area contributed by atoms with Crippen molar-refractivity contribution in [3.8, 4) is 0 Å². The van der Waals surface area contributed by atoms with E-state index in [2.05, 4.69) is 10.6 Å². The van der Waals surface area contributed by atoms with E-state index in [9.17, 15) is 4.79 Å². The van der Waals surface area contributed by atoms with Gasteiger partial charge in [0.15, 0.2) is 0 Å². The van der Waals surface area contributed by atoms with Crippen LogP contribution < -0.4 is 10.6 Å². The number of amides is 2. The molecule has 0 fully saturated rings. The third-order valence-corrected chi connectivity index (χ3v) is 3.50. The van der Waals surface area contributed by atoms with Crippen molar-refractivity contribution >= 4 is 11.7 Å². The van der Waals surface area contributed by atoms with Crippen molar-refractivity contribution in [2.75, 3.05) is 18.5 Å². The Bertz CT molecular complexity index is 475. The van der Waals surface area contributed by atoms with E-state index in [1.54, 1.807) is 0 Å². The molecule has 0 radical (unpaired) electrons. The number of urea groups is 1. The zero-order valence-electron chi connectivity index (χ0n) is 14.0. The summed E-state index contributed by atoms with van der Waals surface area (Å²) in [5.41, 5.74) is 2.87. The van der Waals surface area contributed by atoms with Crippen LogP contribution in [0.2, 0.25) is 0 Å². The van der Waals surface area contributed by atoms with Crippen molar-refractivity contribution in [2.45, 2.75) is 46.8 Å². The number of rotatable bonds is 8. The molecule has 1 aromatic rings. The van der Waals surface area contributed by atoms with Gasteiger partial charge in [0.25, 0.3) is 0 Å². The first kappa shape index (κ1) is 18.5. The molecule has 5 heteroatoms. The summed E-state index contributed by atoms with van der Waals surface area (Å²) in [6.45, 7) is 9.18. The van der Waals surface area contributed by atoms with Crippen LogP contribution in [0.1, 0.15) is 38.3 Å². The predicted molar refractivity (Wildman–Crippen MR) is 89.0 cm³/mol. The summed E-state index contributed by atoms with van der Waals surface area (Å²) in [5.74, 6) is 0.252. The maximum Gasteiger partial charge on any atom is 0.319 e. The van der Waals surface area contributed by atoms with Gasteiger partial charge in [-0.1, -0.05) is 19.1 Å². The Hall–Kier alpha value is -1.59. The Morgan fingerprint density at radius 3 is 2.68 bits per heavy atom. The molecule has 0 aliphatic rings. The van der Waals surface area contributed by atoms with Gasteiger partial charge in [-0.25, -0.2) is 4.79 Å². The van der Waals surface area contributed by atoms with Crippen LogP contribution in [0.5, 0.6) is 0 Å². The number of aliphatic hydroxyl groups excluding tert-OH is 1. The lowest BCUT2D eigenvalue weighted by Crippen LogP contribution is -2.32. The highest BCUT2D eigenvalue weighted by atomic mass is 16.5. The molecule has 0 aliphatic heterocycles. The second-order valence-corrected chi connectivity index (χ2v) is 5.90. The van der Waals surface area contributed by atoms with Gasteiger partial charge in [-0.3, -0.25) is 0 Å². The van der Waals surface area contributed by atoms with Crippen LogP contribution in [0.25, 0.3) is 0 Å². The minimum Gasteiger partial charge on any atom is -0.396 e. The largest absolute Gasteiger partial charge is 0.396 e. The molecule has 124 valence electrons. The van der Waals surface area contributed by atoms with Crippen molar-refractivity contribution < 1.29 is 14.6 Å². The maximum atomic E-state index is 11.9. The summed E-state index contributed by atoms with van der Waals surface area (Å²) >= 11 is 0. The Balaban J connectivity index is 2.57. The highest BCUT2D eigenvalue weighted by molar-refractivity contribution is 5.90. The van der Waals surface area contributed by atoms with Crippen molar-refractivity contribution in [1.29, 1.82) is 0 Å². The lowest BCUT2D eigenvalue weighted by molar-refractivity contribution is 0.0654. The number of hydrogen-bond acceptors (Lipinski definition) is 3. The average Bonchev–Trinajstić information content (AvgIpc) is 2.46. The number of nitrogens with one attached hydrogen (secondary N) is 2. The molecule has 2 amide bonds. The quantitative estimate of drug-likeness (QED) is 0.691. The van der Waals surface area contributed by atoms with Crippen LogP contribution >= 0.6 is 0 Å². The van der Waals surface area contributed by atoms with Gasteiger partial charge < -0.3 is 20.5 Å². The van der Waals surface area contributed by atoms with Crippen LogP contribution in [-0.4, -0.2) is 30.4 Å². The smallest absolute Gasteiger partial charge is 0.319 e. The molecule has 5 nitrogen and oxygen atoms in total. The van der Waals surface area contributed by atoms with Crippen molar-refractivity contribution in [1.82, 2.24) is 5.32 Å². The highest BCUT2D eigenvalue weighted by Gasteiger charge is 2.09. The van der Waals surface area contributed by atoms with Crippen molar-refractivity contribution in [2.24, 2.45) is 5.92 Å². The molecule has 1 atom stereocenters. The SMILES string of the molecule is Cc1c(COC(C)C)cccc1NC(=O)NCC(C)CCO. The molecule has 0 bridgehead atoms. The lowest BCUT2D eigenvalue weighted by atomic mass is 10.1. The lowest BCUT2D eigenvalue weighted by Gasteiger charge is -2.15. The molecule has 3 N–H and O–H groups in total. The Morgan fingerprint density at radius 2 is 2.05 bits per heavy atom. The standard InChI is InChI=1S/C17H28N2O3/c1-12(2)22-11-15-6-5-7-16(14(15)4)19-17(21)18-10-13(3)8-9-20/h5-7,12-13,20H,8-11H2,1-4H3,(H2,18,19,21). The van der Waals surface area contributed by atoms with Gasteiger partial charge in [0.1, 0.15) is 0 Å². The van der Waals surface area contributed by atoms with E-state index in [0.717, 1.165) is 16.8 Å². The second-order valence-electron chi connectivity index (χ2n) is 5.90. The summed E-state index contributed by atoms with van der Waals surface area (Å²) in [6.07, 6.45) is 0.855. The molecule has 0 saturated heterocycles. The van der Waals surface area contributed by atoms with Gasteiger partial charge in [0.2, 0.25) is 0 Å². The third-order valence-electron chi connectivity index (χ3n) is 3.50. The molecule has 0 heterocycles. The first-order chi connectivity index (χ1) is 10.4. The van der Waals surface area contributed by atoms with E-state index in [1.807, 2.05) is 45.9 Å². The highest BCUT2D eigenvalue weighted by Crippen LogP contribution is 2.20. The van der Waals surface area contributed by atoms with Gasteiger partial charge in [0.05, 0.1) is 12.7 Å². The molecule has 0 aromatic heterocycles. The molecular weight excluding hydrogens is 280 g/mol. The number of aliphatic hydroxyl groups is 1. The summed E-state index contributed by atoms with van der Waals surface area (Å²) in [7, 11) is 0. The number of carbonyl (C=O) groups excluding carboxylic acids is 1. The summed E-state index contributed by atoms with van der Waals surface area (Å²) in [6, 6.07) is 5.57. The molecule has 0 saturated carbocycles. The van der Waals surface area contributed by atoms with E-state index < -0.39 is 0 Å². The third kappa shape index (κ3) is 6.45. The van der Waals surface area contributed by atoms with Crippen LogP contribution in [0.15, 0.2) is 18.2 Å². The van der Waals surface area contributed by atoms with Gasteiger partial charge in [0, 0.05) is 18.8 Å². The normalized spacial score (nSPS) is 12.3. The van der Waals surface area contributed by atoms with Crippen LogP contribution in [0.4, 0.5) is 10.5 Å². The molecule has 1 aromatic carbocycles. The summed E-state index contributed by atoms with van der Waals surface area (Å²) < 4.78 is 5.62. The molecule has 0 aliphatic carbocycles. The number of hydrogen-bond donors (Lipinski definition) is 3. The van der Waals surface area contributed by atoms with E-state index in [0.29, 0.717) is 19.6 Å². The number of benzene rings is 1. The fourth-order valence-corrected chi connectivity index (χ4v) is 1.99. The molecule has 1 unspecified atom stereocenters. The predicted octanol–water partition coefficient (Wildman–Crippen LogP) is 3.06. The van der Waals surface area contributed by atoms with E-state index in [-0.39, 0.29) is 24.7 Å². The Kier molecular flexibility index (Phi) is 7.91. The molecular formula is C17H28N2O3. The molecule has 22 heavy (non-hydrogen) atoms. The van der Waals surface area contributed by atoms with Crippen molar-refractivity contribution in [3.63, 3.8) is 0 Å². The first-order valence-electron chi connectivity index (χ1n) is 7.79. The minimum atomic E-state index is -0.227. The van der Waals surface area contributed by atoms with Gasteiger partial charge in [-0.05, 0) is 50.3 Å². The second kappa shape index (κ2) is 9.43. The first-order valence-corrected chi connectivity index (χ1v) is 7.79. The van der Waals surface area contributed by atoms with Gasteiger partial charge >= 0.3 is 6.03 Å². The number of anilines is 1. The van der Waals surface area contributed by atoms with Crippen LogP contribution in [0, 0.1) is 12.8 Å². The average molecular weight is 308 g/mol. The topological polar surface area (TPSA) is 70.6 Å². The molecule has 0 spiro atoms. The fourth-order valence-electron chi connectivity index (χ4n) is 1.99. The number of ether oxygens (including phenoxy) is 1. The fraction of sp³-hybridized carbons (Fsp3) is 0.588. The van der Waals surface area contributed by atoms with Gasteiger partial charge in [-0.2, -0.15) is 0 Å².